The number of carbonyl (C=O) groups is 3. The zero-order valence-corrected chi connectivity index (χ0v) is 11.7. The van der Waals surface area contributed by atoms with Gasteiger partial charge in [0.2, 0.25) is 11.8 Å². The number of hydrogen-bond donors (Lipinski definition) is 0. The molecule has 2 aliphatic rings. The van der Waals surface area contributed by atoms with E-state index in [1.807, 2.05) is 0 Å². The van der Waals surface area contributed by atoms with Crippen LogP contribution in [0.4, 0.5) is 0 Å². The fourth-order valence-corrected chi connectivity index (χ4v) is 2.65. The molecule has 2 amide bonds. The number of ether oxygens (including phenoxy) is 1. The van der Waals surface area contributed by atoms with E-state index in [-0.39, 0.29) is 30.9 Å². The van der Waals surface area contributed by atoms with Gasteiger partial charge in [0.15, 0.2) is 0 Å². The van der Waals surface area contributed by atoms with E-state index in [1.165, 1.54) is 11.0 Å². The summed E-state index contributed by atoms with van der Waals surface area (Å²) in [5.74, 6) is -0.445. The third-order valence-electron chi connectivity index (χ3n) is 3.61. The predicted molar refractivity (Wildman–Crippen MR) is 71.7 cm³/mol. The van der Waals surface area contributed by atoms with Crippen LogP contribution in [0, 0.1) is 0 Å². The lowest BCUT2D eigenvalue weighted by atomic mass is 9.98. The van der Waals surface area contributed by atoms with Gasteiger partial charge in [0.1, 0.15) is 12.6 Å². The van der Waals surface area contributed by atoms with Crippen LogP contribution < -0.4 is 0 Å². The van der Waals surface area contributed by atoms with E-state index < -0.39 is 5.97 Å². The number of piperidine rings is 1. The first kappa shape index (κ1) is 14.6. The fraction of sp³-hybridized carbons (Fsp3) is 0.643. The molecule has 0 bridgehead atoms. The van der Waals surface area contributed by atoms with Crippen LogP contribution >= 0.6 is 0 Å². The molecule has 1 atom stereocenters. The second-order valence-corrected chi connectivity index (χ2v) is 4.97. The Bertz CT molecular complexity index is 433. The molecule has 0 aromatic rings. The Kier molecular flexibility index (Phi) is 4.76. The summed E-state index contributed by atoms with van der Waals surface area (Å²) in [6.07, 6.45) is 5.56. The van der Waals surface area contributed by atoms with Gasteiger partial charge >= 0.3 is 5.97 Å². The molecule has 2 fully saturated rings. The van der Waals surface area contributed by atoms with E-state index in [0.717, 1.165) is 19.3 Å². The van der Waals surface area contributed by atoms with Crippen LogP contribution in [0.3, 0.4) is 0 Å². The summed E-state index contributed by atoms with van der Waals surface area (Å²) in [4.78, 5) is 38.7. The summed E-state index contributed by atoms with van der Waals surface area (Å²) in [5, 5.41) is 0. The van der Waals surface area contributed by atoms with Crippen LogP contribution in [0.15, 0.2) is 12.2 Å². The van der Waals surface area contributed by atoms with Crippen molar-refractivity contribution in [2.75, 3.05) is 26.2 Å². The molecule has 0 N–H and O–H groups in total. The minimum Gasteiger partial charge on any atom is -0.463 e. The van der Waals surface area contributed by atoms with Gasteiger partial charge in [-0.15, -0.1) is 0 Å². The quantitative estimate of drug-likeness (QED) is 0.550. The topological polar surface area (TPSA) is 66.9 Å². The number of hydrogen-bond acceptors (Lipinski definition) is 4. The number of fused-ring (bicyclic) bond motifs is 1. The molecule has 2 saturated heterocycles. The Balaban J connectivity index is 1.94. The molecule has 6 heteroatoms. The molecule has 0 saturated carbocycles. The lowest BCUT2D eigenvalue weighted by molar-refractivity contribution is -0.157. The number of esters is 1. The second kappa shape index (κ2) is 6.54. The molecule has 2 heterocycles. The largest absolute Gasteiger partial charge is 0.463 e. The third-order valence-corrected chi connectivity index (χ3v) is 3.61. The summed E-state index contributed by atoms with van der Waals surface area (Å²) in [6.45, 7) is 3.11. The van der Waals surface area contributed by atoms with E-state index in [1.54, 1.807) is 17.9 Å². The number of carbonyl (C=O) groups excluding carboxylic acids is 3. The van der Waals surface area contributed by atoms with Crippen LogP contribution in [-0.4, -0.2) is 59.9 Å². The van der Waals surface area contributed by atoms with Gasteiger partial charge < -0.3 is 14.5 Å². The maximum absolute atomic E-state index is 12.3. The fourth-order valence-electron chi connectivity index (χ4n) is 2.65. The number of nitrogens with zero attached hydrogens (tertiary/aromatic N) is 2. The van der Waals surface area contributed by atoms with Crippen LogP contribution in [0.2, 0.25) is 0 Å². The number of amides is 2. The highest BCUT2D eigenvalue weighted by Crippen LogP contribution is 2.22. The van der Waals surface area contributed by atoms with E-state index in [9.17, 15) is 14.4 Å². The van der Waals surface area contributed by atoms with Crippen molar-refractivity contribution in [2.24, 2.45) is 0 Å². The minimum absolute atomic E-state index is 0.00108. The van der Waals surface area contributed by atoms with E-state index in [0.29, 0.717) is 13.2 Å². The van der Waals surface area contributed by atoms with Gasteiger partial charge in [0, 0.05) is 19.2 Å². The van der Waals surface area contributed by atoms with Gasteiger partial charge in [0.05, 0.1) is 6.61 Å². The van der Waals surface area contributed by atoms with E-state index >= 15 is 0 Å². The summed E-state index contributed by atoms with van der Waals surface area (Å²) in [7, 11) is 0. The first-order chi connectivity index (χ1) is 9.63. The smallest absolute Gasteiger partial charge is 0.330 e. The van der Waals surface area contributed by atoms with Gasteiger partial charge in [-0.25, -0.2) is 4.79 Å². The van der Waals surface area contributed by atoms with Gasteiger partial charge in [-0.3, -0.25) is 9.59 Å². The summed E-state index contributed by atoms with van der Waals surface area (Å²) < 4.78 is 4.76. The lowest BCUT2D eigenvalue weighted by Crippen LogP contribution is -2.61. The Morgan fingerprint density at radius 1 is 1.40 bits per heavy atom. The molecule has 0 spiro atoms. The van der Waals surface area contributed by atoms with E-state index in [4.69, 9.17) is 4.74 Å². The number of rotatable bonds is 4. The molecule has 0 radical (unpaired) electrons. The molecule has 20 heavy (non-hydrogen) atoms. The second-order valence-electron chi connectivity index (χ2n) is 4.97. The van der Waals surface area contributed by atoms with E-state index in [2.05, 4.69) is 0 Å². The maximum Gasteiger partial charge on any atom is 0.330 e. The monoisotopic (exact) mass is 280 g/mol. The first-order valence-corrected chi connectivity index (χ1v) is 7.05. The third kappa shape index (κ3) is 3.18. The standard InChI is InChI=1S/C14H20N2O4/c1-2-20-13(18)7-5-8-15-10-12(17)16-9-4-3-6-11(16)14(15)19/h5,7,11H,2-4,6,8-10H2,1H3/b7-5+. The summed E-state index contributed by atoms with van der Waals surface area (Å²) >= 11 is 0. The SMILES string of the molecule is CCOC(=O)/C=C/CN1CC(=O)N2CCCCC2C1=O. The van der Waals surface area contributed by atoms with Crippen molar-refractivity contribution >= 4 is 17.8 Å². The van der Waals surface area contributed by atoms with Crippen molar-refractivity contribution in [2.45, 2.75) is 32.2 Å². The Hall–Kier alpha value is -1.85. The summed E-state index contributed by atoms with van der Waals surface area (Å²) in [6, 6.07) is -0.305. The van der Waals surface area contributed by atoms with Crippen molar-refractivity contribution in [1.82, 2.24) is 9.80 Å². The Labute approximate surface area is 118 Å². The number of piperazine rings is 1. The summed E-state index contributed by atoms with van der Waals surface area (Å²) in [5.41, 5.74) is 0. The van der Waals surface area contributed by atoms with Crippen LogP contribution in [0.25, 0.3) is 0 Å². The molecule has 0 aromatic heterocycles. The molecule has 2 rings (SSSR count). The minimum atomic E-state index is -0.428. The van der Waals surface area contributed by atoms with Gasteiger partial charge in [-0.05, 0) is 26.2 Å². The lowest BCUT2D eigenvalue weighted by Gasteiger charge is -2.42. The molecule has 6 nitrogen and oxygen atoms in total. The van der Waals surface area contributed by atoms with Crippen LogP contribution in [0.1, 0.15) is 26.2 Å². The Morgan fingerprint density at radius 2 is 2.20 bits per heavy atom. The average molecular weight is 280 g/mol. The van der Waals surface area contributed by atoms with Crippen LogP contribution in [0.5, 0.6) is 0 Å². The Morgan fingerprint density at radius 3 is 2.95 bits per heavy atom. The van der Waals surface area contributed by atoms with Gasteiger partial charge in [-0.1, -0.05) is 6.08 Å². The average Bonchev–Trinajstić information content (AvgIpc) is 2.44. The molecule has 1 unspecified atom stereocenters. The molecule has 0 aliphatic carbocycles. The normalized spacial score (nSPS) is 23.1. The highest BCUT2D eigenvalue weighted by molar-refractivity contribution is 5.95. The molecule has 2 aliphatic heterocycles. The highest BCUT2D eigenvalue weighted by Gasteiger charge is 2.39. The van der Waals surface area contributed by atoms with Crippen LogP contribution in [-0.2, 0) is 19.1 Å². The van der Waals surface area contributed by atoms with Gasteiger partial charge in [-0.2, -0.15) is 0 Å². The van der Waals surface area contributed by atoms with Gasteiger partial charge in [0.25, 0.3) is 0 Å². The zero-order valence-electron chi connectivity index (χ0n) is 11.7. The maximum atomic E-state index is 12.3. The van der Waals surface area contributed by atoms with Crippen molar-refractivity contribution in [3.8, 4) is 0 Å². The molecular weight excluding hydrogens is 260 g/mol. The predicted octanol–water partition coefficient (Wildman–Crippen LogP) is 0.329. The first-order valence-electron chi connectivity index (χ1n) is 7.05. The van der Waals surface area contributed by atoms with Crippen molar-refractivity contribution in [1.29, 1.82) is 0 Å². The molecule has 0 aromatic carbocycles. The van der Waals surface area contributed by atoms with Crippen molar-refractivity contribution < 1.29 is 19.1 Å². The molecular formula is C14H20N2O4. The van der Waals surface area contributed by atoms with Crippen molar-refractivity contribution in [3.63, 3.8) is 0 Å². The molecule has 110 valence electrons. The zero-order chi connectivity index (χ0) is 14.5. The van der Waals surface area contributed by atoms with Crippen molar-refractivity contribution in [3.05, 3.63) is 12.2 Å². The highest BCUT2D eigenvalue weighted by atomic mass is 16.5.